The maximum absolute atomic E-state index is 11.1. The molecule has 5 heteroatoms. The summed E-state index contributed by atoms with van der Waals surface area (Å²) in [5, 5.41) is 10.1. The van der Waals surface area contributed by atoms with E-state index in [1.165, 1.54) is 16.7 Å². The second-order valence-electron chi connectivity index (χ2n) is 2.34. The van der Waals surface area contributed by atoms with Gasteiger partial charge in [0, 0.05) is 12.6 Å². The molecule has 66 valence electrons. The Hall–Kier alpha value is -0.970. The molecule has 0 aromatic rings. The van der Waals surface area contributed by atoms with E-state index in [-0.39, 0.29) is 18.7 Å². The highest BCUT2D eigenvalue weighted by atomic mass is 32.2. The van der Waals surface area contributed by atoms with E-state index in [0.717, 1.165) is 0 Å². The Kier molecular flexibility index (Phi) is 3.16. The van der Waals surface area contributed by atoms with Crippen LogP contribution >= 0.6 is 11.8 Å². The second kappa shape index (κ2) is 4.15. The number of carbonyl (C=O) groups is 2. The van der Waals surface area contributed by atoms with Gasteiger partial charge in [-0.15, -0.1) is 11.8 Å². The zero-order valence-electron chi connectivity index (χ0n) is 6.40. The third kappa shape index (κ3) is 2.58. The van der Waals surface area contributed by atoms with Gasteiger partial charge in [-0.05, 0) is 5.41 Å². The van der Waals surface area contributed by atoms with Crippen molar-refractivity contribution in [3.63, 3.8) is 0 Å². The molecule has 0 unspecified atom stereocenters. The highest BCUT2D eigenvalue weighted by Gasteiger charge is 2.14. The molecular weight excluding hydrogens is 178 g/mol. The predicted octanol–water partition coefficient (Wildman–Crippen LogP) is 0.855. The lowest BCUT2D eigenvalue weighted by Crippen LogP contribution is -2.23. The van der Waals surface area contributed by atoms with Gasteiger partial charge in [0.15, 0.2) is 0 Å². The maximum atomic E-state index is 11.1. The zero-order chi connectivity index (χ0) is 8.97. The number of carboxylic acid groups (broad SMARTS) is 1. The topological polar surface area (TPSA) is 57.6 Å². The number of amides is 1. The lowest BCUT2D eigenvalue weighted by atomic mass is 10.3. The van der Waals surface area contributed by atoms with Crippen LogP contribution in [0.5, 0.6) is 0 Å². The highest BCUT2D eigenvalue weighted by molar-refractivity contribution is 8.02. The van der Waals surface area contributed by atoms with Crippen molar-refractivity contribution in [1.82, 2.24) is 4.90 Å². The first-order valence-corrected chi connectivity index (χ1v) is 4.54. The standard InChI is InChI=1S/C7H9NO3S/c9-6(1-2-7(10)11)8-3-4-12-5-8/h3-4H,1-2,5H2,(H,10,11). The number of carbonyl (C=O) groups excluding carboxylic acids is 1. The minimum absolute atomic E-state index is 0.0836. The average Bonchev–Trinajstić information content (AvgIpc) is 2.51. The van der Waals surface area contributed by atoms with E-state index in [4.69, 9.17) is 5.11 Å². The van der Waals surface area contributed by atoms with Gasteiger partial charge >= 0.3 is 5.97 Å². The Morgan fingerprint density at radius 1 is 1.50 bits per heavy atom. The Bertz CT molecular complexity index is 227. The molecule has 0 bridgehead atoms. The van der Waals surface area contributed by atoms with Gasteiger partial charge in [0.25, 0.3) is 0 Å². The molecule has 1 aliphatic rings. The van der Waals surface area contributed by atoms with Gasteiger partial charge in [-0.3, -0.25) is 9.59 Å². The minimum Gasteiger partial charge on any atom is -0.481 e. The molecule has 0 aromatic carbocycles. The van der Waals surface area contributed by atoms with Crippen LogP contribution in [0.3, 0.4) is 0 Å². The molecular formula is C7H9NO3S. The van der Waals surface area contributed by atoms with Crippen molar-refractivity contribution in [2.24, 2.45) is 0 Å². The predicted molar refractivity (Wildman–Crippen MR) is 45.3 cm³/mol. The van der Waals surface area contributed by atoms with Crippen molar-refractivity contribution in [3.05, 3.63) is 11.6 Å². The molecule has 0 fully saturated rings. The summed E-state index contributed by atoms with van der Waals surface area (Å²) in [5.74, 6) is -0.448. The van der Waals surface area contributed by atoms with E-state index in [9.17, 15) is 9.59 Å². The van der Waals surface area contributed by atoms with E-state index in [2.05, 4.69) is 0 Å². The van der Waals surface area contributed by atoms with Crippen LogP contribution < -0.4 is 0 Å². The number of nitrogens with zero attached hydrogens (tertiary/aromatic N) is 1. The molecule has 0 saturated heterocycles. The van der Waals surface area contributed by atoms with Crippen LogP contribution in [-0.4, -0.2) is 27.8 Å². The van der Waals surface area contributed by atoms with Crippen LogP contribution in [0.1, 0.15) is 12.8 Å². The third-order valence-corrected chi connectivity index (χ3v) is 2.17. The van der Waals surface area contributed by atoms with Crippen LogP contribution in [-0.2, 0) is 9.59 Å². The van der Waals surface area contributed by atoms with Crippen LogP contribution in [0.25, 0.3) is 0 Å². The molecule has 12 heavy (non-hydrogen) atoms. The molecule has 0 saturated carbocycles. The first-order chi connectivity index (χ1) is 5.70. The van der Waals surface area contributed by atoms with Crippen LogP contribution in [0.2, 0.25) is 0 Å². The van der Waals surface area contributed by atoms with Gasteiger partial charge in [0.05, 0.1) is 12.3 Å². The SMILES string of the molecule is O=C(O)CCC(=O)N1C=CSC1. The van der Waals surface area contributed by atoms with Gasteiger partial charge in [0.2, 0.25) is 5.91 Å². The van der Waals surface area contributed by atoms with Crippen molar-refractivity contribution in [2.75, 3.05) is 5.88 Å². The summed E-state index contributed by atoms with van der Waals surface area (Å²) in [4.78, 5) is 22.8. The van der Waals surface area contributed by atoms with E-state index in [1.54, 1.807) is 6.20 Å². The van der Waals surface area contributed by atoms with Gasteiger partial charge in [-0.1, -0.05) is 0 Å². The molecule has 1 heterocycles. The van der Waals surface area contributed by atoms with Crippen molar-refractivity contribution in [1.29, 1.82) is 0 Å². The Morgan fingerprint density at radius 3 is 2.75 bits per heavy atom. The Morgan fingerprint density at radius 2 is 2.25 bits per heavy atom. The van der Waals surface area contributed by atoms with Gasteiger partial charge in [-0.25, -0.2) is 0 Å². The van der Waals surface area contributed by atoms with Crippen LogP contribution in [0, 0.1) is 0 Å². The summed E-state index contributed by atoms with van der Waals surface area (Å²) in [6, 6.07) is 0. The normalized spacial score (nSPS) is 15.2. The van der Waals surface area contributed by atoms with Gasteiger partial charge in [0.1, 0.15) is 0 Å². The second-order valence-corrected chi connectivity index (χ2v) is 3.20. The average molecular weight is 187 g/mol. The summed E-state index contributed by atoms with van der Waals surface area (Å²) >= 11 is 1.52. The largest absolute Gasteiger partial charge is 0.481 e. The number of hydrogen-bond donors (Lipinski definition) is 1. The number of thioether (sulfide) groups is 1. The smallest absolute Gasteiger partial charge is 0.303 e. The van der Waals surface area contributed by atoms with Crippen molar-refractivity contribution < 1.29 is 14.7 Å². The Labute approximate surface area is 74.2 Å². The van der Waals surface area contributed by atoms with E-state index in [0.29, 0.717) is 5.88 Å². The maximum Gasteiger partial charge on any atom is 0.303 e. The number of rotatable bonds is 3. The van der Waals surface area contributed by atoms with Crippen molar-refractivity contribution >= 4 is 23.6 Å². The van der Waals surface area contributed by atoms with Crippen molar-refractivity contribution in [2.45, 2.75) is 12.8 Å². The summed E-state index contributed by atoms with van der Waals surface area (Å²) < 4.78 is 0. The molecule has 0 spiro atoms. The molecule has 1 N–H and O–H groups in total. The van der Waals surface area contributed by atoms with Crippen LogP contribution in [0.15, 0.2) is 11.6 Å². The summed E-state index contributed by atoms with van der Waals surface area (Å²) in [6.07, 6.45) is 1.67. The third-order valence-electron chi connectivity index (χ3n) is 1.42. The summed E-state index contributed by atoms with van der Waals surface area (Å²) in [5.41, 5.74) is 0. The molecule has 1 amide bonds. The monoisotopic (exact) mass is 187 g/mol. The molecule has 1 rings (SSSR count). The molecule has 0 aromatic heterocycles. The highest BCUT2D eigenvalue weighted by Crippen LogP contribution is 2.16. The Balaban J connectivity index is 2.28. The number of carboxylic acids is 1. The first kappa shape index (κ1) is 9.12. The van der Waals surface area contributed by atoms with Crippen molar-refractivity contribution in [3.8, 4) is 0 Å². The van der Waals surface area contributed by atoms with E-state index in [1.807, 2.05) is 5.41 Å². The first-order valence-electron chi connectivity index (χ1n) is 3.49. The fourth-order valence-corrected chi connectivity index (χ4v) is 1.51. The fourth-order valence-electron chi connectivity index (χ4n) is 0.795. The lowest BCUT2D eigenvalue weighted by molar-refractivity contribution is -0.140. The molecule has 0 aliphatic carbocycles. The molecule has 0 radical (unpaired) electrons. The lowest BCUT2D eigenvalue weighted by Gasteiger charge is -2.10. The fraction of sp³-hybridized carbons (Fsp3) is 0.429. The molecule has 4 nitrogen and oxygen atoms in total. The summed E-state index contributed by atoms with van der Waals surface area (Å²) in [7, 11) is 0. The quantitative estimate of drug-likeness (QED) is 0.711. The number of aliphatic carboxylic acids is 1. The molecule has 1 aliphatic heterocycles. The molecule has 0 atom stereocenters. The van der Waals surface area contributed by atoms with E-state index >= 15 is 0 Å². The van der Waals surface area contributed by atoms with Gasteiger partial charge < -0.3 is 10.0 Å². The van der Waals surface area contributed by atoms with E-state index < -0.39 is 5.97 Å². The summed E-state index contributed by atoms with van der Waals surface area (Å²) in [6.45, 7) is 0. The zero-order valence-corrected chi connectivity index (χ0v) is 7.21. The number of hydrogen-bond acceptors (Lipinski definition) is 3. The minimum atomic E-state index is -0.931. The van der Waals surface area contributed by atoms with Gasteiger partial charge in [-0.2, -0.15) is 0 Å². The van der Waals surface area contributed by atoms with Crippen LogP contribution in [0.4, 0.5) is 0 Å².